The highest BCUT2D eigenvalue weighted by Gasteiger charge is 2.16. The third-order valence-corrected chi connectivity index (χ3v) is 3.11. The molecule has 2 aromatic rings. The van der Waals surface area contributed by atoms with E-state index in [-0.39, 0.29) is 25.2 Å². The fraction of sp³-hybridized carbons (Fsp3) is 0.308. The molecule has 0 spiro atoms. The van der Waals surface area contributed by atoms with Gasteiger partial charge in [-0.25, -0.2) is 9.89 Å². The molecule has 0 fully saturated rings. The zero-order valence-electron chi connectivity index (χ0n) is 11.3. The highest BCUT2D eigenvalue weighted by molar-refractivity contribution is 5.79. The van der Waals surface area contributed by atoms with Crippen molar-refractivity contribution in [2.75, 3.05) is 6.79 Å². The van der Waals surface area contributed by atoms with Crippen LogP contribution in [0.1, 0.15) is 24.4 Å². The first-order chi connectivity index (χ1) is 10.1. The van der Waals surface area contributed by atoms with Gasteiger partial charge in [-0.15, -0.1) is 0 Å². The molecular weight excluding hydrogens is 276 g/mol. The summed E-state index contributed by atoms with van der Waals surface area (Å²) in [5.74, 6) is 1.54. The Bertz CT molecular complexity index is 721. The summed E-state index contributed by atoms with van der Waals surface area (Å²) in [5, 5.41) is 8.80. The first-order valence-electron chi connectivity index (χ1n) is 6.44. The van der Waals surface area contributed by atoms with Crippen LogP contribution in [-0.2, 0) is 11.2 Å². The van der Waals surface area contributed by atoms with Crippen molar-refractivity contribution < 1.29 is 14.3 Å². The molecule has 2 heterocycles. The molecule has 0 aliphatic carbocycles. The molecule has 1 amide bonds. The molecule has 1 aliphatic rings. The van der Waals surface area contributed by atoms with Crippen molar-refractivity contribution in [3.63, 3.8) is 0 Å². The van der Waals surface area contributed by atoms with E-state index in [9.17, 15) is 9.59 Å². The van der Waals surface area contributed by atoms with E-state index in [1.54, 1.807) is 19.1 Å². The van der Waals surface area contributed by atoms with Gasteiger partial charge >= 0.3 is 5.69 Å². The molecule has 0 bridgehead atoms. The van der Waals surface area contributed by atoms with Crippen LogP contribution in [0.4, 0.5) is 0 Å². The minimum absolute atomic E-state index is 0.176. The molecule has 1 aliphatic heterocycles. The number of ether oxygens (including phenoxy) is 2. The van der Waals surface area contributed by atoms with Gasteiger partial charge in [-0.05, 0) is 24.6 Å². The minimum atomic E-state index is -0.401. The summed E-state index contributed by atoms with van der Waals surface area (Å²) in [6.07, 6.45) is 0.204. The third kappa shape index (κ3) is 2.88. The quantitative estimate of drug-likeness (QED) is 0.747. The average molecular weight is 290 g/mol. The van der Waals surface area contributed by atoms with Gasteiger partial charge in [-0.1, -0.05) is 6.07 Å². The molecule has 0 saturated carbocycles. The molecule has 110 valence electrons. The molecule has 0 saturated heterocycles. The van der Waals surface area contributed by atoms with Crippen LogP contribution in [0.25, 0.3) is 0 Å². The van der Waals surface area contributed by atoms with E-state index in [1.807, 2.05) is 6.07 Å². The number of carbonyl (C=O) groups excluding carboxylic acids is 1. The van der Waals surface area contributed by atoms with Crippen molar-refractivity contribution in [1.29, 1.82) is 0 Å². The molecule has 1 aromatic heterocycles. The zero-order valence-corrected chi connectivity index (χ0v) is 11.3. The Balaban J connectivity index is 1.62. The van der Waals surface area contributed by atoms with Crippen molar-refractivity contribution in [3.8, 4) is 11.5 Å². The van der Waals surface area contributed by atoms with Gasteiger partial charge in [0.1, 0.15) is 0 Å². The highest BCUT2D eigenvalue weighted by atomic mass is 16.7. The Hall–Kier alpha value is -2.77. The first kappa shape index (κ1) is 13.2. The maximum atomic E-state index is 12.0. The van der Waals surface area contributed by atoms with E-state index in [1.165, 1.54) is 0 Å². The van der Waals surface area contributed by atoms with Gasteiger partial charge in [0.15, 0.2) is 17.3 Å². The Morgan fingerprint density at radius 3 is 3.00 bits per heavy atom. The number of rotatable bonds is 4. The average Bonchev–Trinajstić information content (AvgIpc) is 3.06. The summed E-state index contributed by atoms with van der Waals surface area (Å²) in [7, 11) is 0. The Labute approximate surface area is 119 Å². The molecule has 8 nitrogen and oxygen atoms in total. The van der Waals surface area contributed by atoms with Crippen molar-refractivity contribution in [1.82, 2.24) is 20.5 Å². The molecule has 3 rings (SSSR count). The maximum absolute atomic E-state index is 12.0. The second-order valence-electron chi connectivity index (χ2n) is 4.72. The lowest BCUT2D eigenvalue weighted by atomic mass is 10.1. The van der Waals surface area contributed by atoms with Gasteiger partial charge in [-0.3, -0.25) is 9.78 Å². The molecular formula is C13H14N4O4. The highest BCUT2D eigenvalue weighted by Crippen LogP contribution is 2.32. The van der Waals surface area contributed by atoms with Gasteiger partial charge in [0.05, 0.1) is 12.5 Å². The number of nitrogens with zero attached hydrogens (tertiary/aromatic N) is 1. The summed E-state index contributed by atoms with van der Waals surface area (Å²) >= 11 is 0. The predicted molar refractivity (Wildman–Crippen MR) is 72.0 cm³/mol. The van der Waals surface area contributed by atoms with Crippen LogP contribution >= 0.6 is 0 Å². The monoisotopic (exact) mass is 290 g/mol. The number of H-pyrrole nitrogens is 2. The van der Waals surface area contributed by atoms with Crippen LogP contribution < -0.4 is 20.5 Å². The van der Waals surface area contributed by atoms with Crippen LogP contribution in [0.5, 0.6) is 11.5 Å². The van der Waals surface area contributed by atoms with Crippen molar-refractivity contribution in [2.45, 2.75) is 19.4 Å². The van der Waals surface area contributed by atoms with E-state index >= 15 is 0 Å². The number of hydrogen-bond donors (Lipinski definition) is 3. The van der Waals surface area contributed by atoms with E-state index in [4.69, 9.17) is 9.47 Å². The van der Waals surface area contributed by atoms with Gasteiger partial charge in [-0.2, -0.15) is 5.10 Å². The van der Waals surface area contributed by atoms with Crippen LogP contribution in [0.2, 0.25) is 0 Å². The first-order valence-corrected chi connectivity index (χ1v) is 6.44. The molecule has 0 radical (unpaired) electrons. The van der Waals surface area contributed by atoms with Crippen LogP contribution in [0.15, 0.2) is 23.0 Å². The largest absolute Gasteiger partial charge is 0.454 e. The molecule has 21 heavy (non-hydrogen) atoms. The summed E-state index contributed by atoms with van der Waals surface area (Å²) < 4.78 is 10.5. The number of aromatic nitrogens is 3. The maximum Gasteiger partial charge on any atom is 0.340 e. The van der Waals surface area contributed by atoms with Gasteiger partial charge in [0.2, 0.25) is 12.7 Å². The Morgan fingerprint density at radius 1 is 1.43 bits per heavy atom. The second-order valence-corrected chi connectivity index (χ2v) is 4.72. The number of nitrogens with one attached hydrogen (secondary N) is 3. The smallest absolute Gasteiger partial charge is 0.340 e. The SMILES string of the molecule is CC(NC(=O)Cc1ccc2c(c1)OCO2)c1n[nH]c(=O)[nH]1. The lowest BCUT2D eigenvalue weighted by molar-refractivity contribution is -0.121. The standard InChI is InChI=1S/C13H14N4O4/c1-7(12-15-13(19)17-16-12)14-11(18)5-8-2-3-9-10(4-8)21-6-20-9/h2-4,7H,5-6H2,1H3,(H,14,18)(H2,15,16,17,19). The van der Waals surface area contributed by atoms with Gasteiger partial charge in [0, 0.05) is 0 Å². The third-order valence-electron chi connectivity index (χ3n) is 3.11. The molecule has 1 aromatic carbocycles. The second kappa shape index (κ2) is 5.31. The molecule has 1 atom stereocenters. The van der Waals surface area contributed by atoms with E-state index in [2.05, 4.69) is 20.5 Å². The number of benzene rings is 1. The summed E-state index contributed by atoms with van der Waals surface area (Å²) in [6, 6.07) is 4.99. The van der Waals surface area contributed by atoms with Crippen LogP contribution in [0, 0.1) is 0 Å². The number of carbonyl (C=O) groups is 1. The zero-order chi connectivity index (χ0) is 14.8. The lowest BCUT2D eigenvalue weighted by Gasteiger charge is -2.11. The van der Waals surface area contributed by atoms with E-state index in [0.717, 1.165) is 5.56 Å². The normalized spacial score (nSPS) is 14.0. The molecule has 8 heteroatoms. The number of hydrogen-bond acceptors (Lipinski definition) is 5. The van der Waals surface area contributed by atoms with Gasteiger partial charge < -0.3 is 14.8 Å². The molecule has 1 unspecified atom stereocenters. The minimum Gasteiger partial charge on any atom is -0.454 e. The summed E-state index contributed by atoms with van der Waals surface area (Å²) in [4.78, 5) is 25.5. The summed E-state index contributed by atoms with van der Waals surface area (Å²) in [6.45, 7) is 1.94. The van der Waals surface area contributed by atoms with E-state index in [0.29, 0.717) is 17.3 Å². The van der Waals surface area contributed by atoms with Crippen LogP contribution in [-0.4, -0.2) is 27.9 Å². The Kier molecular flexibility index (Phi) is 3.35. The van der Waals surface area contributed by atoms with E-state index < -0.39 is 5.69 Å². The predicted octanol–water partition coefficient (Wildman–Crippen LogP) is 0.247. The van der Waals surface area contributed by atoms with Gasteiger partial charge in [0.25, 0.3) is 0 Å². The number of amides is 1. The number of fused-ring (bicyclic) bond motifs is 1. The fourth-order valence-electron chi connectivity index (χ4n) is 2.09. The van der Waals surface area contributed by atoms with Crippen molar-refractivity contribution in [3.05, 3.63) is 40.1 Å². The van der Waals surface area contributed by atoms with Crippen LogP contribution in [0.3, 0.4) is 0 Å². The Morgan fingerprint density at radius 2 is 2.24 bits per heavy atom. The number of aromatic amines is 2. The lowest BCUT2D eigenvalue weighted by Crippen LogP contribution is -2.29. The fourth-order valence-corrected chi connectivity index (χ4v) is 2.09. The van der Waals surface area contributed by atoms with Crippen molar-refractivity contribution >= 4 is 5.91 Å². The van der Waals surface area contributed by atoms with Crippen molar-refractivity contribution in [2.24, 2.45) is 0 Å². The molecule has 3 N–H and O–H groups in total. The topological polar surface area (TPSA) is 109 Å². The summed E-state index contributed by atoms with van der Waals surface area (Å²) in [5.41, 5.74) is 0.418.